The number of aromatic hydroxyl groups is 1. The zero-order valence-electron chi connectivity index (χ0n) is 16.1. The average Bonchev–Trinajstić information content (AvgIpc) is 3.17. The highest BCUT2D eigenvalue weighted by Gasteiger charge is 2.56. The number of fused-ring (bicyclic) bond motifs is 5. The second-order valence-corrected chi connectivity index (χ2v) is 9.05. The van der Waals surface area contributed by atoms with Crippen LogP contribution < -0.4 is 0 Å². The normalized spacial score (nSPS) is 36.3. The third-order valence-corrected chi connectivity index (χ3v) is 7.77. The highest BCUT2D eigenvalue weighted by atomic mass is 16.3. The molecule has 5 atom stereocenters. The van der Waals surface area contributed by atoms with Crippen LogP contribution in [0.3, 0.4) is 0 Å². The Morgan fingerprint density at radius 1 is 1.26 bits per heavy atom. The van der Waals surface area contributed by atoms with Crippen molar-refractivity contribution in [2.45, 2.75) is 51.0 Å². The maximum atomic E-state index is 11.2. The van der Waals surface area contributed by atoms with E-state index in [9.17, 15) is 10.2 Å². The number of phenols is 1. The van der Waals surface area contributed by atoms with Crippen LogP contribution in [0.15, 0.2) is 36.0 Å². The summed E-state index contributed by atoms with van der Waals surface area (Å²) in [5.41, 5.74) is 4.96. The molecule has 0 radical (unpaired) electrons. The van der Waals surface area contributed by atoms with Crippen molar-refractivity contribution in [1.29, 1.82) is 0 Å². The lowest BCUT2D eigenvalue weighted by molar-refractivity contribution is -0.0158. The van der Waals surface area contributed by atoms with Crippen molar-refractivity contribution in [3.63, 3.8) is 0 Å². The molecule has 0 saturated heterocycles. The number of phenolic OH excluding ortho intramolecular Hbond substituents is 1. The van der Waals surface area contributed by atoms with E-state index >= 15 is 0 Å². The molecule has 2 aromatic rings. The van der Waals surface area contributed by atoms with Gasteiger partial charge in [-0.1, -0.05) is 13.0 Å². The summed E-state index contributed by atoms with van der Waals surface area (Å²) in [6, 6.07) is 7.95. The number of aliphatic hydroxyl groups excluding tert-OH is 1. The number of rotatable bonds is 1. The largest absolute Gasteiger partial charge is 0.508 e. The first kappa shape index (κ1) is 17.1. The summed E-state index contributed by atoms with van der Waals surface area (Å²) < 4.78 is 1.87. The summed E-state index contributed by atoms with van der Waals surface area (Å²) in [7, 11) is 1.95. The third kappa shape index (κ3) is 2.49. The van der Waals surface area contributed by atoms with Gasteiger partial charge in [0.2, 0.25) is 0 Å². The van der Waals surface area contributed by atoms with Gasteiger partial charge in [0, 0.05) is 18.7 Å². The Bertz CT molecular complexity index is 915. The second kappa shape index (κ2) is 5.96. The molecule has 27 heavy (non-hydrogen) atoms. The first-order valence-corrected chi connectivity index (χ1v) is 10.2. The third-order valence-electron chi connectivity index (χ3n) is 7.77. The minimum absolute atomic E-state index is 0.0278. The summed E-state index contributed by atoms with van der Waals surface area (Å²) in [4.78, 5) is 0. The van der Waals surface area contributed by atoms with E-state index in [1.807, 2.05) is 36.1 Å². The second-order valence-electron chi connectivity index (χ2n) is 9.05. The van der Waals surface area contributed by atoms with Gasteiger partial charge in [0.25, 0.3) is 0 Å². The van der Waals surface area contributed by atoms with Crippen molar-refractivity contribution in [3.8, 4) is 5.75 Å². The molecule has 1 heterocycles. The van der Waals surface area contributed by atoms with Gasteiger partial charge in [-0.3, -0.25) is 4.68 Å². The van der Waals surface area contributed by atoms with Crippen molar-refractivity contribution in [2.75, 3.05) is 0 Å². The fraction of sp³-hybridized carbons (Fsp3) is 0.522. The molecule has 2 N–H and O–H groups in total. The van der Waals surface area contributed by atoms with E-state index in [0.717, 1.165) is 37.8 Å². The molecule has 1 aromatic carbocycles. The van der Waals surface area contributed by atoms with Crippen LogP contribution >= 0.6 is 0 Å². The van der Waals surface area contributed by atoms with E-state index in [4.69, 9.17) is 0 Å². The molecule has 3 aliphatic rings. The Morgan fingerprint density at radius 2 is 2.11 bits per heavy atom. The van der Waals surface area contributed by atoms with Gasteiger partial charge >= 0.3 is 0 Å². The molecule has 2 fully saturated rings. The molecular weight excluding hydrogens is 336 g/mol. The Morgan fingerprint density at radius 3 is 2.89 bits per heavy atom. The maximum absolute atomic E-state index is 11.2. The van der Waals surface area contributed by atoms with Gasteiger partial charge < -0.3 is 10.2 Å². The van der Waals surface area contributed by atoms with Crippen LogP contribution in [-0.2, 0) is 13.5 Å². The van der Waals surface area contributed by atoms with E-state index in [-0.39, 0.29) is 11.5 Å². The summed E-state index contributed by atoms with van der Waals surface area (Å²) in [6.45, 7) is 2.30. The lowest BCUT2D eigenvalue weighted by Gasteiger charge is -2.49. The van der Waals surface area contributed by atoms with E-state index in [0.29, 0.717) is 23.5 Å². The Labute approximate surface area is 160 Å². The minimum atomic E-state index is -0.362. The molecule has 142 valence electrons. The van der Waals surface area contributed by atoms with Crippen LogP contribution in [0, 0.1) is 17.3 Å². The number of aliphatic hydroxyl groups is 1. The van der Waals surface area contributed by atoms with Gasteiger partial charge in [0.05, 0.1) is 11.8 Å². The Kier molecular flexibility index (Phi) is 3.77. The molecule has 0 aliphatic heterocycles. The quantitative estimate of drug-likeness (QED) is 0.803. The van der Waals surface area contributed by atoms with Gasteiger partial charge in [-0.25, -0.2) is 0 Å². The molecule has 1 aromatic heterocycles. The van der Waals surface area contributed by atoms with Crippen LogP contribution in [0.25, 0.3) is 6.08 Å². The standard InChI is InChI=1S/C23H28N2O2/c1-23-9-7-19-18-6-4-17(26)12-14(18)3-5-20(19)21(23)13-15(22(23)27)11-16-8-10-24-25(16)2/h4,6,8,10-12,19-22,26-27H,3,5,7,9,13H2,1-2H3/b15-11+/t19-,20+,21+,22-,23-/m0/s1. The average molecular weight is 364 g/mol. The summed E-state index contributed by atoms with van der Waals surface area (Å²) >= 11 is 0. The van der Waals surface area contributed by atoms with E-state index in [1.165, 1.54) is 16.7 Å². The van der Waals surface area contributed by atoms with Crippen molar-refractivity contribution in [3.05, 3.63) is 52.9 Å². The van der Waals surface area contributed by atoms with Gasteiger partial charge in [-0.15, -0.1) is 0 Å². The highest BCUT2D eigenvalue weighted by Crippen LogP contribution is 2.62. The van der Waals surface area contributed by atoms with E-state index in [2.05, 4.69) is 24.2 Å². The topological polar surface area (TPSA) is 58.3 Å². The van der Waals surface area contributed by atoms with Crippen LogP contribution in [-0.4, -0.2) is 26.1 Å². The zero-order chi connectivity index (χ0) is 18.8. The van der Waals surface area contributed by atoms with Crippen molar-refractivity contribution >= 4 is 6.08 Å². The molecule has 0 bridgehead atoms. The SMILES string of the molecule is Cn1nccc1/C=C1\C[C@@H]2[C@@H]3CCc4cc(O)ccc4[C@@H]3CC[C@]2(C)[C@H]1O. The molecule has 4 nitrogen and oxygen atoms in total. The van der Waals surface area contributed by atoms with Crippen molar-refractivity contribution in [1.82, 2.24) is 9.78 Å². The van der Waals surface area contributed by atoms with Crippen LogP contribution in [0.2, 0.25) is 0 Å². The number of hydrogen-bond donors (Lipinski definition) is 2. The number of aromatic nitrogens is 2. The summed E-state index contributed by atoms with van der Waals surface area (Å²) in [6.07, 6.45) is 8.98. The Balaban J connectivity index is 1.50. The minimum Gasteiger partial charge on any atom is -0.508 e. The van der Waals surface area contributed by atoms with E-state index in [1.54, 1.807) is 0 Å². The van der Waals surface area contributed by atoms with Crippen molar-refractivity contribution < 1.29 is 10.2 Å². The monoisotopic (exact) mass is 364 g/mol. The van der Waals surface area contributed by atoms with E-state index < -0.39 is 0 Å². The number of nitrogens with zero attached hydrogens (tertiary/aromatic N) is 2. The predicted octanol–water partition coefficient (Wildman–Crippen LogP) is 4.04. The first-order valence-electron chi connectivity index (χ1n) is 10.2. The summed E-state index contributed by atoms with van der Waals surface area (Å²) in [5, 5.41) is 25.3. The fourth-order valence-electron chi connectivity index (χ4n) is 6.28. The molecule has 0 spiro atoms. The molecule has 2 saturated carbocycles. The maximum Gasteiger partial charge on any atom is 0.115 e. The smallest absolute Gasteiger partial charge is 0.115 e. The first-order chi connectivity index (χ1) is 13.0. The van der Waals surface area contributed by atoms with Gasteiger partial charge in [0.15, 0.2) is 0 Å². The molecule has 0 unspecified atom stereocenters. The molecule has 5 rings (SSSR count). The van der Waals surface area contributed by atoms with Crippen LogP contribution in [0.5, 0.6) is 5.75 Å². The van der Waals surface area contributed by atoms with Crippen LogP contribution in [0.4, 0.5) is 0 Å². The lowest BCUT2D eigenvalue weighted by atomic mass is 9.55. The zero-order valence-corrected chi connectivity index (χ0v) is 16.1. The number of hydrogen-bond acceptors (Lipinski definition) is 3. The molecular formula is C23H28N2O2. The summed E-state index contributed by atoms with van der Waals surface area (Å²) in [5.74, 6) is 2.08. The molecule has 0 amide bonds. The van der Waals surface area contributed by atoms with Gasteiger partial charge in [-0.05, 0) is 90.8 Å². The van der Waals surface area contributed by atoms with Gasteiger partial charge in [0.1, 0.15) is 5.75 Å². The van der Waals surface area contributed by atoms with Crippen LogP contribution in [0.1, 0.15) is 55.3 Å². The number of aryl methyl sites for hydroxylation is 2. The molecule has 3 aliphatic carbocycles. The Hall–Kier alpha value is -2.07. The highest BCUT2D eigenvalue weighted by molar-refractivity contribution is 5.52. The number of benzene rings is 1. The lowest BCUT2D eigenvalue weighted by Crippen LogP contribution is -2.44. The van der Waals surface area contributed by atoms with Crippen molar-refractivity contribution in [2.24, 2.45) is 24.3 Å². The predicted molar refractivity (Wildman–Crippen MR) is 105 cm³/mol. The fourth-order valence-corrected chi connectivity index (χ4v) is 6.28. The molecule has 4 heteroatoms. The van der Waals surface area contributed by atoms with Gasteiger partial charge in [-0.2, -0.15) is 5.10 Å².